The van der Waals surface area contributed by atoms with Crippen LogP contribution in [0.3, 0.4) is 0 Å². The monoisotopic (exact) mass is 316 g/mol. The van der Waals surface area contributed by atoms with E-state index >= 15 is 0 Å². The molecule has 0 amide bonds. The van der Waals surface area contributed by atoms with E-state index in [2.05, 4.69) is 40.3 Å². The van der Waals surface area contributed by atoms with Crippen molar-refractivity contribution in [1.82, 2.24) is 0 Å². The van der Waals surface area contributed by atoms with Crippen molar-refractivity contribution < 1.29 is 9.53 Å². The van der Waals surface area contributed by atoms with Crippen molar-refractivity contribution in [2.75, 3.05) is 6.61 Å². The van der Waals surface area contributed by atoms with Gasteiger partial charge in [-0.1, -0.05) is 72.6 Å². The molecule has 0 radical (unpaired) electrons. The standard InChI is InChI=1S/C18H36O2S/c1-5-7-13-18(21,14-8-6-2)17(19)20-15-11-9-10-12-16(3)4/h16,21H,5-15H2,1-4H3. The lowest BCUT2D eigenvalue weighted by Crippen LogP contribution is -2.35. The predicted octanol–water partition coefficient (Wildman–Crippen LogP) is 5.80. The summed E-state index contributed by atoms with van der Waals surface area (Å²) >= 11 is 4.68. The Hall–Kier alpha value is -0.180. The number of ether oxygens (including phenoxy) is 1. The lowest BCUT2D eigenvalue weighted by atomic mass is 9.95. The molecule has 0 fully saturated rings. The molecule has 0 aliphatic heterocycles. The van der Waals surface area contributed by atoms with Crippen LogP contribution in [0.5, 0.6) is 0 Å². The highest BCUT2D eigenvalue weighted by atomic mass is 32.1. The third-order valence-electron chi connectivity index (χ3n) is 3.93. The minimum atomic E-state index is -0.566. The zero-order valence-corrected chi connectivity index (χ0v) is 15.5. The summed E-state index contributed by atoms with van der Waals surface area (Å²) in [7, 11) is 0. The highest BCUT2D eigenvalue weighted by Crippen LogP contribution is 2.30. The second-order valence-electron chi connectivity index (χ2n) is 6.62. The van der Waals surface area contributed by atoms with E-state index in [-0.39, 0.29) is 5.97 Å². The van der Waals surface area contributed by atoms with Gasteiger partial charge in [-0.15, -0.1) is 0 Å². The van der Waals surface area contributed by atoms with Gasteiger partial charge in [0.25, 0.3) is 0 Å². The molecule has 0 N–H and O–H groups in total. The Balaban J connectivity index is 4.04. The minimum Gasteiger partial charge on any atom is -0.465 e. The van der Waals surface area contributed by atoms with Crippen molar-refractivity contribution in [2.24, 2.45) is 5.92 Å². The third kappa shape index (κ3) is 10.2. The van der Waals surface area contributed by atoms with Crippen molar-refractivity contribution >= 4 is 18.6 Å². The van der Waals surface area contributed by atoms with Crippen LogP contribution in [0.2, 0.25) is 0 Å². The van der Waals surface area contributed by atoms with Crippen LogP contribution in [0, 0.1) is 5.92 Å². The molecule has 0 bridgehead atoms. The Labute approximate surface area is 137 Å². The lowest BCUT2D eigenvalue weighted by Gasteiger charge is -2.26. The zero-order chi connectivity index (χ0) is 16.1. The molecule has 0 spiro atoms. The zero-order valence-electron chi connectivity index (χ0n) is 14.6. The van der Waals surface area contributed by atoms with Gasteiger partial charge >= 0.3 is 5.97 Å². The van der Waals surface area contributed by atoms with Crippen LogP contribution in [0.15, 0.2) is 0 Å². The molecule has 0 rings (SSSR count). The first-order valence-electron chi connectivity index (χ1n) is 8.85. The van der Waals surface area contributed by atoms with E-state index in [4.69, 9.17) is 4.74 Å². The Morgan fingerprint density at radius 1 is 1.00 bits per heavy atom. The van der Waals surface area contributed by atoms with Crippen molar-refractivity contribution in [2.45, 2.75) is 96.7 Å². The number of hydrogen-bond donors (Lipinski definition) is 1. The van der Waals surface area contributed by atoms with Gasteiger partial charge in [0.2, 0.25) is 0 Å². The molecule has 0 aromatic heterocycles. The first-order valence-corrected chi connectivity index (χ1v) is 9.30. The number of carbonyl (C=O) groups is 1. The van der Waals surface area contributed by atoms with E-state index in [0.717, 1.165) is 57.3 Å². The molecular weight excluding hydrogens is 280 g/mol. The van der Waals surface area contributed by atoms with Crippen LogP contribution in [-0.2, 0) is 9.53 Å². The number of esters is 1. The second kappa shape index (κ2) is 12.4. The predicted molar refractivity (Wildman–Crippen MR) is 95.0 cm³/mol. The van der Waals surface area contributed by atoms with Gasteiger partial charge in [-0.3, -0.25) is 4.79 Å². The van der Waals surface area contributed by atoms with E-state index in [1.54, 1.807) is 0 Å². The molecule has 126 valence electrons. The SMILES string of the molecule is CCCCC(S)(CCCC)C(=O)OCCCCCC(C)C. The summed E-state index contributed by atoms with van der Waals surface area (Å²) in [6.07, 6.45) is 10.5. The second-order valence-corrected chi connectivity index (χ2v) is 7.47. The highest BCUT2D eigenvalue weighted by molar-refractivity contribution is 7.82. The van der Waals surface area contributed by atoms with Crippen molar-refractivity contribution in [3.05, 3.63) is 0 Å². The number of thiol groups is 1. The summed E-state index contributed by atoms with van der Waals surface area (Å²) in [4.78, 5) is 12.3. The van der Waals surface area contributed by atoms with Gasteiger partial charge in [-0.05, 0) is 25.2 Å². The average molecular weight is 317 g/mol. The highest BCUT2D eigenvalue weighted by Gasteiger charge is 2.34. The fourth-order valence-corrected chi connectivity index (χ4v) is 2.78. The maximum absolute atomic E-state index is 12.3. The molecule has 0 saturated heterocycles. The van der Waals surface area contributed by atoms with Crippen LogP contribution in [0.25, 0.3) is 0 Å². The van der Waals surface area contributed by atoms with Crippen LogP contribution < -0.4 is 0 Å². The normalized spacial score (nSPS) is 11.9. The number of rotatable bonds is 13. The van der Waals surface area contributed by atoms with Crippen LogP contribution in [-0.4, -0.2) is 17.3 Å². The van der Waals surface area contributed by atoms with Crippen molar-refractivity contribution in [3.63, 3.8) is 0 Å². The van der Waals surface area contributed by atoms with Gasteiger partial charge in [0.15, 0.2) is 0 Å². The quantitative estimate of drug-likeness (QED) is 0.264. The summed E-state index contributed by atoms with van der Waals surface area (Å²) in [6.45, 7) is 9.34. The van der Waals surface area contributed by atoms with Gasteiger partial charge < -0.3 is 4.74 Å². The maximum atomic E-state index is 12.3. The minimum absolute atomic E-state index is 0.100. The van der Waals surface area contributed by atoms with E-state index in [9.17, 15) is 4.79 Å². The van der Waals surface area contributed by atoms with Gasteiger partial charge in [-0.2, -0.15) is 12.6 Å². The first-order chi connectivity index (χ1) is 9.96. The molecule has 0 unspecified atom stereocenters. The van der Waals surface area contributed by atoms with E-state index in [1.165, 1.54) is 12.8 Å². The van der Waals surface area contributed by atoms with Crippen molar-refractivity contribution in [3.8, 4) is 0 Å². The molecule has 0 aliphatic rings. The average Bonchev–Trinajstić information content (AvgIpc) is 2.45. The largest absolute Gasteiger partial charge is 0.465 e. The molecular formula is C18H36O2S. The third-order valence-corrected chi connectivity index (χ3v) is 4.56. The molecule has 21 heavy (non-hydrogen) atoms. The lowest BCUT2D eigenvalue weighted by molar-refractivity contribution is -0.147. The fraction of sp³-hybridized carbons (Fsp3) is 0.944. The van der Waals surface area contributed by atoms with Crippen LogP contribution in [0.4, 0.5) is 0 Å². The van der Waals surface area contributed by atoms with Crippen LogP contribution in [0.1, 0.15) is 91.9 Å². The Morgan fingerprint density at radius 2 is 1.57 bits per heavy atom. The van der Waals surface area contributed by atoms with Crippen molar-refractivity contribution in [1.29, 1.82) is 0 Å². The first kappa shape index (κ1) is 20.8. The molecule has 3 heteroatoms. The molecule has 0 atom stereocenters. The summed E-state index contributed by atoms with van der Waals surface area (Å²) in [5.74, 6) is 0.664. The summed E-state index contributed by atoms with van der Waals surface area (Å²) in [5, 5.41) is 0. The van der Waals surface area contributed by atoms with E-state index in [0.29, 0.717) is 6.61 Å². The Morgan fingerprint density at radius 3 is 2.05 bits per heavy atom. The van der Waals surface area contributed by atoms with Crippen LogP contribution >= 0.6 is 12.6 Å². The fourth-order valence-electron chi connectivity index (χ4n) is 2.40. The maximum Gasteiger partial charge on any atom is 0.321 e. The summed E-state index contributed by atoms with van der Waals surface area (Å²) in [6, 6.07) is 0. The molecule has 0 saturated carbocycles. The van der Waals surface area contributed by atoms with Gasteiger partial charge in [0, 0.05) is 0 Å². The summed E-state index contributed by atoms with van der Waals surface area (Å²) < 4.78 is 4.93. The smallest absolute Gasteiger partial charge is 0.321 e. The number of carbonyl (C=O) groups excluding carboxylic acids is 1. The number of hydrogen-bond acceptors (Lipinski definition) is 3. The molecule has 2 nitrogen and oxygen atoms in total. The van der Waals surface area contributed by atoms with Gasteiger partial charge in [0.05, 0.1) is 6.61 Å². The molecule has 0 heterocycles. The van der Waals surface area contributed by atoms with E-state index in [1.807, 2.05) is 0 Å². The summed E-state index contributed by atoms with van der Waals surface area (Å²) in [5.41, 5.74) is 0. The van der Waals surface area contributed by atoms with Gasteiger partial charge in [0.1, 0.15) is 4.75 Å². The Bertz CT molecular complexity index is 256. The van der Waals surface area contributed by atoms with E-state index < -0.39 is 4.75 Å². The Kier molecular flexibility index (Phi) is 12.3. The number of unbranched alkanes of at least 4 members (excludes halogenated alkanes) is 4. The van der Waals surface area contributed by atoms with Gasteiger partial charge in [-0.25, -0.2) is 0 Å². The topological polar surface area (TPSA) is 26.3 Å². The molecule has 0 aliphatic carbocycles. The molecule has 0 aromatic carbocycles. The molecule has 0 aromatic rings.